The van der Waals surface area contributed by atoms with Gasteiger partial charge in [-0.2, -0.15) is 0 Å². The molecule has 0 aliphatic heterocycles. The van der Waals surface area contributed by atoms with Gasteiger partial charge in [0.15, 0.2) is 5.76 Å². The zero-order chi connectivity index (χ0) is 23.7. The monoisotopic (exact) mass is 453 g/mol. The SMILES string of the molecule is Cc1c(NC(=O)c2oc3ccccc3c2COc2ccccc2)c(=O)n(-c2ccccc2)n1C. The summed E-state index contributed by atoms with van der Waals surface area (Å²) < 4.78 is 15.1. The van der Waals surface area contributed by atoms with E-state index in [1.807, 2.05) is 78.9 Å². The molecule has 0 bridgehead atoms. The zero-order valence-electron chi connectivity index (χ0n) is 18.8. The minimum atomic E-state index is -0.506. The van der Waals surface area contributed by atoms with E-state index in [1.165, 1.54) is 4.68 Å². The second-order valence-electron chi connectivity index (χ2n) is 7.90. The molecule has 0 saturated carbocycles. The van der Waals surface area contributed by atoms with Gasteiger partial charge in [-0.05, 0) is 37.3 Å². The van der Waals surface area contributed by atoms with E-state index in [4.69, 9.17) is 9.15 Å². The Labute approximate surface area is 195 Å². The summed E-state index contributed by atoms with van der Waals surface area (Å²) in [6.45, 7) is 1.93. The smallest absolute Gasteiger partial charge is 0.295 e. The molecule has 7 heteroatoms. The summed E-state index contributed by atoms with van der Waals surface area (Å²) in [6, 6.07) is 26.0. The van der Waals surface area contributed by atoms with Crippen molar-refractivity contribution in [1.82, 2.24) is 9.36 Å². The maximum Gasteiger partial charge on any atom is 0.295 e. The molecule has 0 radical (unpaired) electrons. The second kappa shape index (κ2) is 8.78. The number of carbonyl (C=O) groups excluding carboxylic acids is 1. The maximum absolute atomic E-state index is 13.4. The van der Waals surface area contributed by atoms with Gasteiger partial charge < -0.3 is 14.5 Å². The molecule has 0 unspecified atom stereocenters. The van der Waals surface area contributed by atoms with Crippen molar-refractivity contribution >= 4 is 22.6 Å². The number of benzene rings is 3. The summed E-state index contributed by atoms with van der Waals surface area (Å²) in [4.78, 5) is 26.6. The fraction of sp³-hybridized carbons (Fsp3) is 0.111. The molecule has 0 spiro atoms. The molecular weight excluding hydrogens is 430 g/mol. The molecule has 5 rings (SSSR count). The van der Waals surface area contributed by atoms with Gasteiger partial charge in [0, 0.05) is 18.0 Å². The molecule has 1 amide bonds. The molecule has 0 saturated heterocycles. The van der Waals surface area contributed by atoms with Crippen LogP contribution in [0.25, 0.3) is 16.7 Å². The molecule has 0 atom stereocenters. The molecule has 0 aliphatic carbocycles. The van der Waals surface area contributed by atoms with Crippen LogP contribution in [0.15, 0.2) is 94.1 Å². The first-order valence-electron chi connectivity index (χ1n) is 10.9. The molecule has 2 heterocycles. The normalized spacial score (nSPS) is 11.0. The lowest BCUT2D eigenvalue weighted by molar-refractivity contribution is 0.0995. The maximum atomic E-state index is 13.4. The number of nitrogens with one attached hydrogen (secondary N) is 1. The number of fused-ring (bicyclic) bond motifs is 1. The molecule has 7 nitrogen and oxygen atoms in total. The summed E-state index contributed by atoms with van der Waals surface area (Å²) in [5, 5.41) is 3.57. The van der Waals surface area contributed by atoms with Crippen molar-refractivity contribution in [3.05, 3.63) is 112 Å². The number of rotatable bonds is 6. The van der Waals surface area contributed by atoms with Gasteiger partial charge in [0.2, 0.25) is 0 Å². The fourth-order valence-electron chi connectivity index (χ4n) is 3.98. The predicted molar refractivity (Wildman–Crippen MR) is 131 cm³/mol. The van der Waals surface area contributed by atoms with E-state index in [0.717, 1.165) is 5.39 Å². The Morgan fingerprint density at radius 2 is 1.59 bits per heavy atom. The molecule has 34 heavy (non-hydrogen) atoms. The zero-order valence-corrected chi connectivity index (χ0v) is 18.8. The van der Waals surface area contributed by atoms with Gasteiger partial charge in [-0.15, -0.1) is 0 Å². The van der Waals surface area contributed by atoms with Crippen molar-refractivity contribution in [2.45, 2.75) is 13.5 Å². The lowest BCUT2D eigenvalue weighted by Crippen LogP contribution is -2.23. The largest absolute Gasteiger partial charge is 0.489 e. The van der Waals surface area contributed by atoms with Crippen molar-refractivity contribution in [1.29, 1.82) is 0 Å². The summed E-state index contributed by atoms with van der Waals surface area (Å²) >= 11 is 0. The number of carbonyl (C=O) groups is 1. The summed E-state index contributed by atoms with van der Waals surface area (Å²) in [6.07, 6.45) is 0. The number of ether oxygens (including phenoxy) is 1. The van der Waals surface area contributed by atoms with Gasteiger partial charge in [-0.3, -0.25) is 14.3 Å². The Morgan fingerprint density at radius 3 is 2.32 bits per heavy atom. The van der Waals surface area contributed by atoms with E-state index < -0.39 is 5.91 Å². The van der Waals surface area contributed by atoms with Crippen LogP contribution in [0.2, 0.25) is 0 Å². The van der Waals surface area contributed by atoms with Gasteiger partial charge >= 0.3 is 0 Å². The average molecular weight is 453 g/mol. The minimum absolute atomic E-state index is 0.117. The number of para-hydroxylation sites is 3. The van der Waals surface area contributed by atoms with E-state index in [2.05, 4.69) is 5.32 Å². The number of nitrogens with zero attached hydrogens (tertiary/aromatic N) is 2. The number of amides is 1. The van der Waals surface area contributed by atoms with E-state index in [0.29, 0.717) is 28.3 Å². The third-order valence-corrected chi connectivity index (χ3v) is 5.82. The van der Waals surface area contributed by atoms with Crippen LogP contribution in [0.3, 0.4) is 0 Å². The molecule has 0 aliphatic rings. The van der Waals surface area contributed by atoms with Crippen molar-refractivity contribution in [2.24, 2.45) is 7.05 Å². The Morgan fingerprint density at radius 1 is 0.941 bits per heavy atom. The molecular formula is C27H23N3O4. The van der Waals surface area contributed by atoms with Crippen LogP contribution in [0, 0.1) is 6.92 Å². The van der Waals surface area contributed by atoms with Crippen LogP contribution in [0.5, 0.6) is 5.75 Å². The minimum Gasteiger partial charge on any atom is -0.489 e. The van der Waals surface area contributed by atoms with Crippen molar-refractivity contribution in [3.8, 4) is 11.4 Å². The Kier molecular flexibility index (Phi) is 5.51. The van der Waals surface area contributed by atoms with E-state index >= 15 is 0 Å². The van der Waals surface area contributed by atoms with Crippen LogP contribution >= 0.6 is 0 Å². The standard InChI is InChI=1S/C27H23N3O4/c1-18-24(27(32)30(29(18)2)19-11-5-3-6-12-19)28-26(31)25-22(17-33-20-13-7-4-8-14-20)21-15-9-10-16-23(21)34-25/h3-16H,17H2,1-2H3,(H,28,31). The first kappa shape index (κ1) is 21.3. The van der Waals surface area contributed by atoms with Gasteiger partial charge in [-0.25, -0.2) is 4.68 Å². The number of hydrogen-bond donors (Lipinski definition) is 1. The van der Waals surface area contributed by atoms with Crippen molar-refractivity contribution in [3.63, 3.8) is 0 Å². The van der Waals surface area contributed by atoms with Gasteiger partial charge in [0.25, 0.3) is 11.5 Å². The molecule has 0 fully saturated rings. The highest BCUT2D eigenvalue weighted by molar-refractivity contribution is 6.06. The predicted octanol–water partition coefficient (Wildman–Crippen LogP) is 5.06. The van der Waals surface area contributed by atoms with Crippen LogP contribution in [0.4, 0.5) is 5.69 Å². The Balaban J connectivity index is 1.51. The highest BCUT2D eigenvalue weighted by Gasteiger charge is 2.24. The van der Waals surface area contributed by atoms with Crippen LogP contribution in [-0.2, 0) is 13.7 Å². The van der Waals surface area contributed by atoms with Crippen LogP contribution < -0.4 is 15.6 Å². The lowest BCUT2D eigenvalue weighted by Gasteiger charge is -2.07. The number of aromatic nitrogens is 2. The third-order valence-electron chi connectivity index (χ3n) is 5.82. The average Bonchev–Trinajstić information content (AvgIpc) is 3.34. The quantitative estimate of drug-likeness (QED) is 0.390. The second-order valence-corrected chi connectivity index (χ2v) is 7.90. The third kappa shape index (κ3) is 3.77. The van der Waals surface area contributed by atoms with E-state index in [9.17, 15) is 9.59 Å². The van der Waals surface area contributed by atoms with Crippen molar-refractivity contribution in [2.75, 3.05) is 5.32 Å². The molecule has 3 aromatic carbocycles. The van der Waals surface area contributed by atoms with E-state index in [-0.39, 0.29) is 23.6 Å². The van der Waals surface area contributed by atoms with Crippen LogP contribution in [-0.4, -0.2) is 15.3 Å². The van der Waals surface area contributed by atoms with Crippen LogP contribution in [0.1, 0.15) is 21.8 Å². The highest BCUT2D eigenvalue weighted by atomic mass is 16.5. The first-order chi connectivity index (χ1) is 16.5. The topological polar surface area (TPSA) is 78.4 Å². The summed E-state index contributed by atoms with van der Waals surface area (Å²) in [7, 11) is 1.78. The van der Waals surface area contributed by atoms with Gasteiger partial charge in [-0.1, -0.05) is 54.6 Å². The molecule has 1 N–H and O–H groups in total. The van der Waals surface area contributed by atoms with E-state index in [1.54, 1.807) is 24.7 Å². The lowest BCUT2D eigenvalue weighted by atomic mass is 10.1. The van der Waals surface area contributed by atoms with Crippen molar-refractivity contribution < 1.29 is 13.9 Å². The number of hydrogen-bond acceptors (Lipinski definition) is 4. The van der Waals surface area contributed by atoms with Gasteiger partial charge in [0.05, 0.1) is 11.4 Å². The Bertz CT molecular complexity index is 1530. The molecule has 2 aromatic heterocycles. The number of anilines is 1. The summed E-state index contributed by atoms with van der Waals surface area (Å²) in [5.74, 6) is 0.295. The Hall–Kier alpha value is -4.52. The fourth-order valence-corrected chi connectivity index (χ4v) is 3.98. The molecule has 5 aromatic rings. The molecule has 170 valence electrons. The van der Waals surface area contributed by atoms with Gasteiger partial charge in [0.1, 0.15) is 23.6 Å². The summed E-state index contributed by atoms with van der Waals surface area (Å²) in [5.41, 5.74) is 2.41. The number of furan rings is 1. The first-order valence-corrected chi connectivity index (χ1v) is 10.9. The highest BCUT2D eigenvalue weighted by Crippen LogP contribution is 2.28.